The minimum Gasteiger partial charge on any atom is -0.343 e. The molecule has 1 saturated heterocycles. The molecule has 0 bridgehead atoms. The van der Waals surface area contributed by atoms with E-state index in [-0.39, 0.29) is 5.91 Å². The summed E-state index contributed by atoms with van der Waals surface area (Å²) < 4.78 is 2.02. The Balaban J connectivity index is 1.40. The standard InChI is InChI=1S/C24H24N6O/c1-17(31)29-14-10-18(11-15-29)19-6-2-3-7-20(19)27-24-25-12-9-21(28-24)22-16-26-23-8-4-5-13-30(22)23/h2-9,12-13,16,18H,10-11,14-15H2,1H3,(H,25,27,28). The highest BCUT2D eigenvalue weighted by Crippen LogP contribution is 2.34. The number of anilines is 2. The molecule has 1 fully saturated rings. The molecule has 4 aromatic rings. The van der Waals surface area contributed by atoms with E-state index >= 15 is 0 Å². The number of hydrogen-bond acceptors (Lipinski definition) is 5. The third-order valence-electron chi connectivity index (χ3n) is 5.92. The van der Waals surface area contributed by atoms with E-state index in [0.717, 1.165) is 48.7 Å². The van der Waals surface area contributed by atoms with Gasteiger partial charge in [0.25, 0.3) is 0 Å². The minimum atomic E-state index is 0.155. The van der Waals surface area contributed by atoms with Crippen LogP contribution in [0.3, 0.4) is 0 Å². The van der Waals surface area contributed by atoms with Gasteiger partial charge in [-0.15, -0.1) is 0 Å². The van der Waals surface area contributed by atoms with Crippen LogP contribution in [0.4, 0.5) is 11.6 Å². The first-order valence-electron chi connectivity index (χ1n) is 10.6. The van der Waals surface area contributed by atoms with Crippen LogP contribution in [0.2, 0.25) is 0 Å². The van der Waals surface area contributed by atoms with Crippen LogP contribution in [0.1, 0.15) is 31.2 Å². The number of piperidine rings is 1. The average Bonchev–Trinajstić information content (AvgIpc) is 3.24. The van der Waals surface area contributed by atoms with E-state index in [9.17, 15) is 4.79 Å². The van der Waals surface area contributed by atoms with E-state index in [0.29, 0.717) is 11.9 Å². The van der Waals surface area contributed by atoms with Crippen molar-refractivity contribution in [3.63, 3.8) is 0 Å². The zero-order valence-corrected chi connectivity index (χ0v) is 17.4. The maximum atomic E-state index is 11.7. The number of likely N-dealkylation sites (tertiary alicyclic amines) is 1. The summed E-state index contributed by atoms with van der Waals surface area (Å²) in [4.78, 5) is 27.2. The molecule has 0 spiro atoms. The first-order valence-corrected chi connectivity index (χ1v) is 10.6. The van der Waals surface area contributed by atoms with Gasteiger partial charge in [0, 0.05) is 38.1 Å². The number of hydrogen-bond donors (Lipinski definition) is 1. The van der Waals surface area contributed by atoms with Crippen molar-refractivity contribution in [1.82, 2.24) is 24.3 Å². The number of pyridine rings is 1. The van der Waals surface area contributed by atoms with Crippen LogP contribution in [-0.4, -0.2) is 43.2 Å². The number of nitrogens with zero attached hydrogens (tertiary/aromatic N) is 5. The number of benzene rings is 1. The number of nitrogens with one attached hydrogen (secondary N) is 1. The highest BCUT2D eigenvalue weighted by Gasteiger charge is 2.23. The van der Waals surface area contributed by atoms with Crippen molar-refractivity contribution >= 4 is 23.2 Å². The van der Waals surface area contributed by atoms with E-state index in [1.165, 1.54) is 5.56 Å². The third kappa shape index (κ3) is 3.86. The number of para-hydroxylation sites is 1. The Hall–Kier alpha value is -3.74. The van der Waals surface area contributed by atoms with Crippen molar-refractivity contribution in [2.45, 2.75) is 25.7 Å². The number of carbonyl (C=O) groups excluding carboxylic acids is 1. The highest BCUT2D eigenvalue weighted by molar-refractivity contribution is 5.73. The van der Waals surface area contributed by atoms with Crippen molar-refractivity contribution in [2.75, 3.05) is 18.4 Å². The lowest BCUT2D eigenvalue weighted by Gasteiger charge is -2.32. The quantitative estimate of drug-likeness (QED) is 0.542. The molecule has 4 heterocycles. The lowest BCUT2D eigenvalue weighted by Crippen LogP contribution is -2.36. The van der Waals surface area contributed by atoms with Crippen LogP contribution in [0.5, 0.6) is 0 Å². The second-order valence-electron chi connectivity index (χ2n) is 7.83. The highest BCUT2D eigenvalue weighted by atomic mass is 16.2. The largest absolute Gasteiger partial charge is 0.343 e. The molecule has 156 valence electrons. The lowest BCUT2D eigenvalue weighted by atomic mass is 9.88. The topological polar surface area (TPSA) is 75.4 Å². The molecule has 3 aromatic heterocycles. The molecule has 31 heavy (non-hydrogen) atoms. The van der Waals surface area contributed by atoms with Gasteiger partial charge >= 0.3 is 0 Å². The molecule has 1 amide bonds. The predicted molar refractivity (Wildman–Crippen MR) is 120 cm³/mol. The van der Waals surface area contributed by atoms with Gasteiger partial charge in [-0.2, -0.15) is 0 Å². The second kappa shape index (κ2) is 8.18. The van der Waals surface area contributed by atoms with E-state index in [1.54, 1.807) is 13.1 Å². The van der Waals surface area contributed by atoms with Gasteiger partial charge in [0.15, 0.2) is 0 Å². The summed E-state index contributed by atoms with van der Waals surface area (Å²) in [6.07, 6.45) is 7.50. The molecule has 0 radical (unpaired) electrons. The predicted octanol–water partition coefficient (Wildman–Crippen LogP) is 4.26. The molecule has 7 nitrogen and oxygen atoms in total. The smallest absolute Gasteiger partial charge is 0.227 e. The van der Waals surface area contributed by atoms with Crippen LogP contribution in [0, 0.1) is 0 Å². The molecule has 7 heteroatoms. The van der Waals surface area contributed by atoms with Crippen LogP contribution in [-0.2, 0) is 4.79 Å². The molecule has 0 unspecified atom stereocenters. The molecular formula is C24H24N6O. The van der Waals surface area contributed by atoms with Crippen LogP contribution < -0.4 is 5.32 Å². The molecule has 0 atom stereocenters. The second-order valence-corrected chi connectivity index (χ2v) is 7.83. The Labute approximate surface area is 180 Å². The van der Waals surface area contributed by atoms with E-state index in [4.69, 9.17) is 4.98 Å². The lowest BCUT2D eigenvalue weighted by molar-refractivity contribution is -0.129. The zero-order chi connectivity index (χ0) is 21.2. The number of fused-ring (bicyclic) bond motifs is 1. The molecule has 5 rings (SSSR count). The van der Waals surface area contributed by atoms with Crippen molar-refractivity contribution in [3.8, 4) is 11.4 Å². The minimum absolute atomic E-state index is 0.155. The monoisotopic (exact) mass is 412 g/mol. The Kier molecular flexibility index (Phi) is 5.08. The number of amides is 1. The van der Waals surface area contributed by atoms with Crippen molar-refractivity contribution in [3.05, 3.63) is 72.7 Å². The Morgan fingerprint density at radius 1 is 1.03 bits per heavy atom. The van der Waals surface area contributed by atoms with Crippen molar-refractivity contribution < 1.29 is 4.79 Å². The zero-order valence-electron chi connectivity index (χ0n) is 17.4. The van der Waals surface area contributed by atoms with Crippen LogP contribution >= 0.6 is 0 Å². The summed E-state index contributed by atoms with van der Waals surface area (Å²) in [6.45, 7) is 3.24. The molecule has 1 N–H and O–H groups in total. The average molecular weight is 412 g/mol. The van der Waals surface area contributed by atoms with Crippen molar-refractivity contribution in [2.24, 2.45) is 0 Å². The van der Waals surface area contributed by atoms with Crippen LogP contribution in [0.15, 0.2) is 67.1 Å². The van der Waals surface area contributed by atoms with E-state index in [1.807, 2.05) is 52.0 Å². The molecule has 0 aliphatic carbocycles. The molecule has 1 aliphatic rings. The Bertz CT molecular complexity index is 1230. The third-order valence-corrected chi connectivity index (χ3v) is 5.92. The van der Waals surface area contributed by atoms with Gasteiger partial charge < -0.3 is 10.2 Å². The number of rotatable bonds is 4. The van der Waals surface area contributed by atoms with Gasteiger partial charge in [-0.1, -0.05) is 24.3 Å². The summed E-state index contributed by atoms with van der Waals surface area (Å²) >= 11 is 0. The fourth-order valence-corrected chi connectivity index (χ4v) is 4.28. The normalized spacial score (nSPS) is 14.7. The Morgan fingerprint density at radius 2 is 1.84 bits per heavy atom. The molecule has 0 saturated carbocycles. The summed E-state index contributed by atoms with van der Waals surface area (Å²) in [5.74, 6) is 1.11. The van der Waals surface area contributed by atoms with Gasteiger partial charge in [0.2, 0.25) is 11.9 Å². The first kappa shape index (κ1) is 19.2. The maximum Gasteiger partial charge on any atom is 0.227 e. The van der Waals surface area contributed by atoms with Gasteiger partial charge in [-0.25, -0.2) is 15.0 Å². The fraction of sp³-hybridized carbons (Fsp3) is 0.250. The molecule has 1 aliphatic heterocycles. The van der Waals surface area contributed by atoms with E-state index in [2.05, 4.69) is 33.5 Å². The van der Waals surface area contributed by atoms with Gasteiger partial charge in [0.05, 0.1) is 17.6 Å². The molecular weight excluding hydrogens is 388 g/mol. The van der Waals surface area contributed by atoms with E-state index < -0.39 is 0 Å². The van der Waals surface area contributed by atoms with Crippen molar-refractivity contribution in [1.29, 1.82) is 0 Å². The molecule has 1 aromatic carbocycles. The number of aromatic nitrogens is 4. The Morgan fingerprint density at radius 3 is 2.68 bits per heavy atom. The van der Waals surface area contributed by atoms with Crippen LogP contribution in [0.25, 0.3) is 17.0 Å². The summed E-state index contributed by atoms with van der Waals surface area (Å²) in [7, 11) is 0. The number of imidazole rings is 1. The summed E-state index contributed by atoms with van der Waals surface area (Å²) in [6, 6.07) is 16.1. The number of carbonyl (C=O) groups is 1. The summed E-state index contributed by atoms with van der Waals surface area (Å²) in [5, 5.41) is 3.42. The van der Waals surface area contributed by atoms with Gasteiger partial charge in [-0.3, -0.25) is 9.20 Å². The summed E-state index contributed by atoms with van der Waals surface area (Å²) in [5.41, 5.74) is 4.87. The SMILES string of the molecule is CC(=O)N1CCC(c2ccccc2Nc2nccc(-c3cnc4ccccn34)n2)CC1. The maximum absolute atomic E-state index is 11.7. The van der Waals surface area contributed by atoms with Gasteiger partial charge in [0.1, 0.15) is 5.65 Å². The fourth-order valence-electron chi connectivity index (χ4n) is 4.28. The van der Waals surface area contributed by atoms with Gasteiger partial charge in [-0.05, 0) is 48.6 Å². The first-order chi connectivity index (χ1) is 15.2.